The molecule has 3 heterocycles. The number of benzene rings is 1. The maximum atomic E-state index is 12.7. The maximum absolute atomic E-state index is 12.7. The molecule has 1 aromatic carbocycles. The molecular formula is C24H25N5OS. The van der Waals surface area contributed by atoms with Gasteiger partial charge in [-0.15, -0.1) is 17.8 Å². The summed E-state index contributed by atoms with van der Waals surface area (Å²) >= 11 is 1.36. The molecule has 3 aromatic rings. The van der Waals surface area contributed by atoms with Crippen molar-refractivity contribution in [3.8, 4) is 12.3 Å². The largest absolute Gasteiger partial charge is 0.354 e. The van der Waals surface area contributed by atoms with Gasteiger partial charge in [-0.05, 0) is 31.5 Å². The molecule has 0 saturated carbocycles. The molecule has 1 aliphatic rings. The SMILES string of the molecule is C#C[C@@](C)(c1ccc(C)cc1)c1csc(NC(=O)c2ccc(N3CCNCC3)nc2)n1. The van der Waals surface area contributed by atoms with Crippen molar-refractivity contribution in [3.63, 3.8) is 0 Å². The van der Waals surface area contributed by atoms with Crippen molar-refractivity contribution in [2.75, 3.05) is 36.4 Å². The van der Waals surface area contributed by atoms with E-state index in [1.807, 2.05) is 49.6 Å². The Balaban J connectivity index is 1.47. The van der Waals surface area contributed by atoms with Crippen LogP contribution in [-0.4, -0.2) is 42.1 Å². The molecule has 1 saturated heterocycles. The number of carbonyl (C=O) groups excluding carboxylic acids is 1. The van der Waals surface area contributed by atoms with E-state index in [0.29, 0.717) is 10.7 Å². The van der Waals surface area contributed by atoms with Crippen LogP contribution in [0.2, 0.25) is 0 Å². The molecule has 4 rings (SSSR count). The molecule has 1 fully saturated rings. The number of nitrogens with zero attached hydrogens (tertiary/aromatic N) is 3. The van der Waals surface area contributed by atoms with E-state index < -0.39 is 5.41 Å². The van der Waals surface area contributed by atoms with Gasteiger partial charge < -0.3 is 10.2 Å². The summed E-state index contributed by atoms with van der Waals surface area (Å²) in [7, 11) is 0. The first-order chi connectivity index (χ1) is 15.0. The van der Waals surface area contributed by atoms with E-state index in [-0.39, 0.29) is 5.91 Å². The predicted octanol–water partition coefficient (Wildman–Crippen LogP) is 3.45. The van der Waals surface area contributed by atoms with Crippen LogP contribution < -0.4 is 15.5 Å². The first-order valence-corrected chi connectivity index (χ1v) is 11.1. The second kappa shape index (κ2) is 8.88. The average molecular weight is 432 g/mol. The Morgan fingerprint density at radius 3 is 2.61 bits per heavy atom. The Kier molecular flexibility index (Phi) is 6.03. The average Bonchev–Trinajstić information content (AvgIpc) is 3.29. The van der Waals surface area contributed by atoms with Crippen LogP contribution in [0.4, 0.5) is 10.9 Å². The topological polar surface area (TPSA) is 70.2 Å². The van der Waals surface area contributed by atoms with Crippen molar-refractivity contribution in [1.29, 1.82) is 0 Å². The summed E-state index contributed by atoms with van der Waals surface area (Å²) in [4.78, 5) is 24.0. The Morgan fingerprint density at radius 1 is 1.23 bits per heavy atom. The van der Waals surface area contributed by atoms with Crippen molar-refractivity contribution < 1.29 is 4.79 Å². The molecule has 1 amide bonds. The van der Waals surface area contributed by atoms with E-state index in [1.54, 1.807) is 12.3 Å². The van der Waals surface area contributed by atoms with Gasteiger partial charge in [-0.3, -0.25) is 10.1 Å². The Bertz CT molecular complexity index is 1090. The molecule has 1 aliphatic heterocycles. The summed E-state index contributed by atoms with van der Waals surface area (Å²) in [6.45, 7) is 7.71. The molecular weight excluding hydrogens is 406 g/mol. The van der Waals surface area contributed by atoms with Crippen LogP contribution in [0.1, 0.15) is 34.1 Å². The molecule has 7 heteroatoms. The van der Waals surface area contributed by atoms with E-state index in [9.17, 15) is 4.79 Å². The van der Waals surface area contributed by atoms with Crippen molar-refractivity contribution in [3.05, 3.63) is 70.4 Å². The number of aromatic nitrogens is 2. The van der Waals surface area contributed by atoms with Crippen LogP contribution in [0.5, 0.6) is 0 Å². The predicted molar refractivity (Wildman–Crippen MR) is 126 cm³/mol. The van der Waals surface area contributed by atoms with Crippen molar-refractivity contribution in [1.82, 2.24) is 15.3 Å². The quantitative estimate of drug-likeness (QED) is 0.606. The highest BCUT2D eigenvalue weighted by Gasteiger charge is 2.29. The minimum absolute atomic E-state index is 0.238. The van der Waals surface area contributed by atoms with E-state index in [2.05, 4.69) is 31.4 Å². The van der Waals surface area contributed by atoms with Gasteiger partial charge in [-0.25, -0.2) is 9.97 Å². The number of carbonyl (C=O) groups is 1. The molecule has 6 nitrogen and oxygen atoms in total. The van der Waals surface area contributed by atoms with Gasteiger partial charge in [0.05, 0.1) is 16.7 Å². The van der Waals surface area contributed by atoms with E-state index in [1.165, 1.54) is 16.9 Å². The van der Waals surface area contributed by atoms with Gasteiger partial charge in [-0.2, -0.15) is 0 Å². The van der Waals surface area contributed by atoms with Crippen molar-refractivity contribution >= 4 is 28.2 Å². The number of thiazole rings is 1. The summed E-state index contributed by atoms with van der Waals surface area (Å²) in [6, 6.07) is 11.8. The molecule has 1 atom stereocenters. The van der Waals surface area contributed by atoms with Gasteiger partial charge in [0.25, 0.3) is 5.91 Å². The van der Waals surface area contributed by atoms with Gasteiger partial charge in [-0.1, -0.05) is 35.7 Å². The zero-order chi connectivity index (χ0) is 21.8. The lowest BCUT2D eigenvalue weighted by atomic mass is 9.80. The van der Waals surface area contributed by atoms with Gasteiger partial charge >= 0.3 is 0 Å². The van der Waals surface area contributed by atoms with Gasteiger partial charge in [0, 0.05) is 37.8 Å². The minimum Gasteiger partial charge on any atom is -0.354 e. The Hall–Kier alpha value is -3.21. The zero-order valence-electron chi connectivity index (χ0n) is 17.7. The Labute approximate surface area is 186 Å². The van der Waals surface area contributed by atoms with E-state index >= 15 is 0 Å². The number of rotatable bonds is 5. The highest BCUT2D eigenvalue weighted by atomic mass is 32.1. The molecule has 0 unspecified atom stereocenters. The van der Waals surface area contributed by atoms with E-state index in [0.717, 1.165) is 43.3 Å². The van der Waals surface area contributed by atoms with Crippen LogP contribution in [0.15, 0.2) is 48.0 Å². The van der Waals surface area contributed by atoms with Crippen molar-refractivity contribution in [2.45, 2.75) is 19.3 Å². The minimum atomic E-state index is -0.667. The molecule has 31 heavy (non-hydrogen) atoms. The van der Waals surface area contributed by atoms with Gasteiger partial charge in [0.15, 0.2) is 5.13 Å². The normalized spacial score (nSPS) is 15.7. The summed E-state index contributed by atoms with van der Waals surface area (Å²) in [6.07, 6.45) is 7.51. The van der Waals surface area contributed by atoms with Crippen LogP contribution in [-0.2, 0) is 5.41 Å². The third-order valence-corrected chi connectivity index (χ3v) is 6.36. The third kappa shape index (κ3) is 4.46. The molecule has 0 aliphatic carbocycles. The lowest BCUT2D eigenvalue weighted by Crippen LogP contribution is -2.43. The van der Waals surface area contributed by atoms with Crippen LogP contribution in [0.25, 0.3) is 0 Å². The fourth-order valence-corrected chi connectivity index (χ4v) is 4.34. The number of hydrogen-bond donors (Lipinski definition) is 2. The summed E-state index contributed by atoms with van der Waals surface area (Å²) in [5, 5.41) is 8.61. The van der Waals surface area contributed by atoms with Crippen LogP contribution in [0.3, 0.4) is 0 Å². The van der Waals surface area contributed by atoms with Crippen LogP contribution >= 0.6 is 11.3 Å². The van der Waals surface area contributed by atoms with Gasteiger partial charge in [0.1, 0.15) is 5.82 Å². The maximum Gasteiger partial charge on any atom is 0.259 e. The highest BCUT2D eigenvalue weighted by molar-refractivity contribution is 7.14. The fourth-order valence-electron chi connectivity index (χ4n) is 3.52. The van der Waals surface area contributed by atoms with Gasteiger partial charge in [0.2, 0.25) is 0 Å². The lowest BCUT2D eigenvalue weighted by molar-refractivity contribution is 0.102. The Morgan fingerprint density at radius 2 is 1.97 bits per heavy atom. The number of anilines is 2. The number of amides is 1. The number of terminal acetylenes is 1. The molecule has 158 valence electrons. The summed E-state index contributed by atoms with van der Waals surface area (Å²) < 4.78 is 0. The van der Waals surface area contributed by atoms with Crippen molar-refractivity contribution in [2.24, 2.45) is 0 Å². The number of piperazine rings is 1. The first-order valence-electron chi connectivity index (χ1n) is 10.2. The summed E-state index contributed by atoms with van der Waals surface area (Å²) in [5.74, 6) is 3.53. The molecule has 2 N–H and O–H groups in total. The fraction of sp³-hybridized carbons (Fsp3) is 0.292. The summed E-state index contributed by atoms with van der Waals surface area (Å²) in [5.41, 5.74) is 2.74. The zero-order valence-corrected chi connectivity index (χ0v) is 18.5. The van der Waals surface area contributed by atoms with Crippen LogP contribution in [0, 0.1) is 19.3 Å². The smallest absolute Gasteiger partial charge is 0.259 e. The molecule has 2 aromatic heterocycles. The second-order valence-corrected chi connectivity index (χ2v) is 8.63. The second-order valence-electron chi connectivity index (χ2n) is 7.77. The first kappa shape index (κ1) is 21.0. The monoisotopic (exact) mass is 431 g/mol. The lowest BCUT2D eigenvalue weighted by Gasteiger charge is -2.28. The molecule has 0 bridgehead atoms. The number of nitrogens with one attached hydrogen (secondary N) is 2. The number of hydrogen-bond acceptors (Lipinski definition) is 6. The van der Waals surface area contributed by atoms with E-state index in [4.69, 9.17) is 6.42 Å². The number of aryl methyl sites for hydroxylation is 1. The highest BCUT2D eigenvalue weighted by Crippen LogP contribution is 2.33. The third-order valence-electron chi connectivity index (χ3n) is 5.61. The number of pyridine rings is 1. The molecule has 0 radical (unpaired) electrons. The molecule has 0 spiro atoms. The standard InChI is InChI=1S/C24H25N5OS/c1-4-24(3,19-8-5-17(2)6-9-19)20-16-31-23(27-20)28-22(30)18-7-10-21(26-15-18)29-13-11-25-12-14-29/h1,5-10,15-16,25H,11-14H2,2-3H3,(H,27,28,30)/t24-/m0/s1.